The summed E-state index contributed by atoms with van der Waals surface area (Å²) in [5.74, 6) is 0.278. The predicted molar refractivity (Wildman–Crippen MR) is 87.9 cm³/mol. The lowest BCUT2D eigenvalue weighted by molar-refractivity contribution is 0.663. The Morgan fingerprint density at radius 2 is 2.19 bits per heavy atom. The van der Waals surface area contributed by atoms with E-state index in [0.717, 1.165) is 28.9 Å². The minimum absolute atomic E-state index is 0.278. The third kappa shape index (κ3) is 2.80. The van der Waals surface area contributed by atoms with Gasteiger partial charge in [-0.3, -0.25) is 4.98 Å². The van der Waals surface area contributed by atoms with Crippen LogP contribution in [-0.2, 0) is 0 Å². The lowest BCUT2D eigenvalue weighted by atomic mass is 9.89. The number of nitrogens with one attached hydrogen (secondary N) is 2. The zero-order chi connectivity index (χ0) is 14.7. The number of nitrogens with zero attached hydrogens (tertiary/aromatic N) is 1. The standard InChI is InChI=1S/C17H18ClN3/c1-19-9-7-13(12-4-3-8-20-10-12)14-11-21-16-6-2-5-15(18)17(14)16/h2-6,8,10-11,13,19,21H,7,9H2,1H3. The van der Waals surface area contributed by atoms with E-state index in [1.54, 1.807) is 6.20 Å². The second kappa shape index (κ2) is 6.29. The lowest BCUT2D eigenvalue weighted by Gasteiger charge is -2.17. The van der Waals surface area contributed by atoms with Gasteiger partial charge in [-0.2, -0.15) is 0 Å². The molecule has 108 valence electrons. The van der Waals surface area contributed by atoms with Crippen LogP contribution in [0.5, 0.6) is 0 Å². The maximum absolute atomic E-state index is 6.42. The van der Waals surface area contributed by atoms with Gasteiger partial charge in [0.25, 0.3) is 0 Å². The van der Waals surface area contributed by atoms with Crippen molar-refractivity contribution in [3.05, 3.63) is 65.1 Å². The highest BCUT2D eigenvalue weighted by molar-refractivity contribution is 6.35. The number of pyridine rings is 1. The van der Waals surface area contributed by atoms with E-state index in [9.17, 15) is 0 Å². The first kappa shape index (κ1) is 14.1. The Bertz CT molecular complexity index is 721. The van der Waals surface area contributed by atoms with E-state index >= 15 is 0 Å². The van der Waals surface area contributed by atoms with Crippen LogP contribution in [0.1, 0.15) is 23.5 Å². The van der Waals surface area contributed by atoms with Gasteiger partial charge in [0.15, 0.2) is 0 Å². The lowest BCUT2D eigenvalue weighted by Crippen LogP contribution is -2.13. The fourth-order valence-corrected chi connectivity index (χ4v) is 3.10. The highest BCUT2D eigenvalue weighted by Gasteiger charge is 2.19. The quantitative estimate of drug-likeness (QED) is 0.749. The van der Waals surface area contributed by atoms with E-state index in [-0.39, 0.29) is 5.92 Å². The van der Waals surface area contributed by atoms with Gasteiger partial charge in [-0.05, 0) is 49.3 Å². The van der Waals surface area contributed by atoms with Crippen molar-refractivity contribution in [3.8, 4) is 0 Å². The van der Waals surface area contributed by atoms with E-state index in [1.807, 2.05) is 31.4 Å². The molecule has 2 N–H and O–H groups in total. The van der Waals surface area contributed by atoms with Crippen molar-refractivity contribution < 1.29 is 0 Å². The summed E-state index contributed by atoms with van der Waals surface area (Å²) < 4.78 is 0. The summed E-state index contributed by atoms with van der Waals surface area (Å²) in [6.45, 7) is 0.941. The molecule has 3 rings (SSSR count). The van der Waals surface area contributed by atoms with Crippen molar-refractivity contribution in [2.75, 3.05) is 13.6 Å². The molecule has 1 unspecified atom stereocenters. The van der Waals surface area contributed by atoms with Gasteiger partial charge in [0.1, 0.15) is 0 Å². The smallest absolute Gasteiger partial charge is 0.0502 e. The SMILES string of the molecule is CNCCC(c1cccnc1)c1c[nH]c2cccc(Cl)c12. The molecule has 1 aromatic carbocycles. The van der Waals surface area contributed by atoms with Crippen molar-refractivity contribution in [3.63, 3.8) is 0 Å². The molecule has 0 aliphatic rings. The van der Waals surface area contributed by atoms with Crippen LogP contribution in [0.15, 0.2) is 48.9 Å². The predicted octanol–water partition coefficient (Wildman–Crippen LogP) is 3.96. The molecule has 0 saturated heterocycles. The number of fused-ring (bicyclic) bond motifs is 1. The maximum atomic E-state index is 6.42. The summed E-state index contributed by atoms with van der Waals surface area (Å²) in [7, 11) is 1.97. The van der Waals surface area contributed by atoms with Crippen LogP contribution >= 0.6 is 11.6 Å². The molecule has 2 heterocycles. The zero-order valence-electron chi connectivity index (χ0n) is 11.9. The Kier molecular flexibility index (Phi) is 4.23. The summed E-state index contributed by atoms with van der Waals surface area (Å²) in [5.41, 5.74) is 3.53. The van der Waals surface area contributed by atoms with Gasteiger partial charge in [0.2, 0.25) is 0 Å². The zero-order valence-corrected chi connectivity index (χ0v) is 12.7. The molecule has 4 heteroatoms. The third-order valence-electron chi connectivity index (χ3n) is 3.83. The molecule has 21 heavy (non-hydrogen) atoms. The van der Waals surface area contributed by atoms with Crippen LogP contribution in [0.4, 0.5) is 0 Å². The van der Waals surface area contributed by atoms with Crippen molar-refractivity contribution in [1.29, 1.82) is 0 Å². The molecular formula is C17H18ClN3. The Morgan fingerprint density at radius 1 is 1.29 bits per heavy atom. The molecule has 3 aromatic rings. The maximum Gasteiger partial charge on any atom is 0.0502 e. The number of hydrogen-bond donors (Lipinski definition) is 2. The van der Waals surface area contributed by atoms with Gasteiger partial charge in [-0.1, -0.05) is 23.7 Å². The topological polar surface area (TPSA) is 40.7 Å². The summed E-state index contributed by atoms with van der Waals surface area (Å²) in [4.78, 5) is 7.59. The van der Waals surface area contributed by atoms with Crippen molar-refractivity contribution in [2.24, 2.45) is 0 Å². The van der Waals surface area contributed by atoms with Crippen molar-refractivity contribution in [2.45, 2.75) is 12.3 Å². The molecule has 0 amide bonds. The average molecular weight is 300 g/mol. The van der Waals surface area contributed by atoms with Crippen LogP contribution in [0.25, 0.3) is 10.9 Å². The molecule has 0 saturated carbocycles. The Balaban J connectivity index is 2.10. The van der Waals surface area contributed by atoms with Crippen molar-refractivity contribution in [1.82, 2.24) is 15.3 Å². The highest BCUT2D eigenvalue weighted by Crippen LogP contribution is 2.36. The van der Waals surface area contributed by atoms with Crippen LogP contribution in [0.2, 0.25) is 5.02 Å². The van der Waals surface area contributed by atoms with E-state index < -0.39 is 0 Å². The van der Waals surface area contributed by atoms with E-state index in [4.69, 9.17) is 11.6 Å². The van der Waals surface area contributed by atoms with Gasteiger partial charge < -0.3 is 10.3 Å². The van der Waals surface area contributed by atoms with Gasteiger partial charge >= 0.3 is 0 Å². The van der Waals surface area contributed by atoms with E-state index in [2.05, 4.69) is 33.6 Å². The molecule has 1 atom stereocenters. The summed E-state index contributed by atoms with van der Waals surface area (Å²) >= 11 is 6.42. The normalized spacial score (nSPS) is 12.7. The monoisotopic (exact) mass is 299 g/mol. The molecule has 0 fully saturated rings. The number of aromatic amines is 1. The van der Waals surface area contributed by atoms with Crippen LogP contribution in [0, 0.1) is 0 Å². The largest absolute Gasteiger partial charge is 0.361 e. The summed E-state index contributed by atoms with van der Waals surface area (Å²) in [6.07, 6.45) is 6.82. The summed E-state index contributed by atoms with van der Waals surface area (Å²) in [6, 6.07) is 10.1. The van der Waals surface area contributed by atoms with Crippen LogP contribution in [0.3, 0.4) is 0 Å². The third-order valence-corrected chi connectivity index (χ3v) is 4.15. The number of halogens is 1. The van der Waals surface area contributed by atoms with Gasteiger partial charge in [0.05, 0.1) is 5.02 Å². The Hall–Kier alpha value is -1.84. The van der Waals surface area contributed by atoms with E-state index in [0.29, 0.717) is 0 Å². The first-order chi connectivity index (χ1) is 10.3. The molecule has 0 aliphatic carbocycles. The molecular weight excluding hydrogens is 282 g/mol. The fourth-order valence-electron chi connectivity index (χ4n) is 2.81. The molecule has 3 nitrogen and oxygen atoms in total. The number of aromatic nitrogens is 2. The molecule has 0 spiro atoms. The Morgan fingerprint density at radius 3 is 2.95 bits per heavy atom. The second-order valence-corrected chi connectivity index (χ2v) is 5.54. The first-order valence-corrected chi connectivity index (χ1v) is 7.49. The number of H-pyrrole nitrogens is 1. The number of benzene rings is 1. The van der Waals surface area contributed by atoms with Gasteiger partial charge in [0, 0.05) is 35.4 Å². The summed E-state index contributed by atoms with van der Waals surface area (Å²) in [5, 5.41) is 5.14. The molecule has 0 bridgehead atoms. The van der Waals surface area contributed by atoms with Gasteiger partial charge in [-0.25, -0.2) is 0 Å². The average Bonchev–Trinajstić information content (AvgIpc) is 2.94. The number of hydrogen-bond acceptors (Lipinski definition) is 2. The Labute approximate surface area is 129 Å². The van der Waals surface area contributed by atoms with Crippen molar-refractivity contribution >= 4 is 22.5 Å². The molecule has 0 aliphatic heterocycles. The van der Waals surface area contributed by atoms with Gasteiger partial charge in [-0.15, -0.1) is 0 Å². The minimum Gasteiger partial charge on any atom is -0.361 e. The minimum atomic E-state index is 0.278. The first-order valence-electron chi connectivity index (χ1n) is 7.11. The molecule has 0 radical (unpaired) electrons. The van der Waals surface area contributed by atoms with Crippen LogP contribution < -0.4 is 5.32 Å². The number of rotatable bonds is 5. The highest BCUT2D eigenvalue weighted by atomic mass is 35.5. The van der Waals surface area contributed by atoms with E-state index in [1.165, 1.54) is 11.1 Å². The van der Waals surface area contributed by atoms with Crippen LogP contribution in [-0.4, -0.2) is 23.6 Å². The second-order valence-electron chi connectivity index (χ2n) is 5.14. The molecule has 2 aromatic heterocycles. The fraction of sp³-hybridized carbons (Fsp3) is 0.235.